The minimum absolute atomic E-state index is 0.0400. The van der Waals surface area contributed by atoms with Crippen LogP contribution in [0.5, 0.6) is 5.75 Å². The number of halogens is 1. The first-order chi connectivity index (χ1) is 19.6. The van der Waals surface area contributed by atoms with Crippen LogP contribution < -0.4 is 37.1 Å². The molecule has 4 rings (SSSR count). The second-order valence-electron chi connectivity index (χ2n) is 12.1. The van der Waals surface area contributed by atoms with Gasteiger partial charge < -0.3 is 0 Å². The summed E-state index contributed by atoms with van der Waals surface area (Å²) in [5.74, 6) is 0.364. The molecule has 0 saturated carbocycles. The number of aromatic hydroxyl groups is 1. The third-order valence-corrected chi connectivity index (χ3v) is 12.6. The molecule has 0 aliphatic heterocycles. The van der Waals surface area contributed by atoms with Crippen LogP contribution in [-0.2, 0) is 10.8 Å². The van der Waals surface area contributed by atoms with Gasteiger partial charge in [0.2, 0.25) is 0 Å². The molecule has 0 fully saturated rings. The number of aliphatic imine (C=N–C) groups is 1. The van der Waals surface area contributed by atoms with Gasteiger partial charge in [-0.2, -0.15) is 0 Å². The van der Waals surface area contributed by atoms with Crippen LogP contribution in [0, 0.1) is 0 Å². The van der Waals surface area contributed by atoms with Gasteiger partial charge >= 0.3 is 183 Å². The molecule has 0 heterocycles. The fourth-order valence-corrected chi connectivity index (χ4v) is 9.13. The van der Waals surface area contributed by atoms with Gasteiger partial charge in [-0.1, -0.05) is 66.7 Å². The third-order valence-electron chi connectivity index (χ3n) is 7.49. The van der Waals surface area contributed by atoms with Crippen LogP contribution >= 0.6 is 7.92 Å². The fourth-order valence-electron chi connectivity index (χ4n) is 5.06. The van der Waals surface area contributed by atoms with E-state index in [2.05, 4.69) is 139 Å². The topological polar surface area (TPSA) is 32.6 Å². The van der Waals surface area contributed by atoms with E-state index < -0.39 is 7.92 Å². The van der Waals surface area contributed by atoms with Crippen LogP contribution in [0.15, 0.2) is 102 Å². The molecule has 4 aromatic rings. The summed E-state index contributed by atoms with van der Waals surface area (Å²) in [6.07, 6.45) is 4.17. The normalized spacial score (nSPS) is 12.5. The van der Waals surface area contributed by atoms with E-state index in [1.54, 1.807) is 0 Å². The number of phenols is 1. The zero-order chi connectivity index (χ0) is 29.5. The molecule has 0 atom stereocenters. The van der Waals surface area contributed by atoms with Crippen LogP contribution in [0.25, 0.3) is 0 Å². The summed E-state index contributed by atoms with van der Waals surface area (Å²) in [4.78, 5) is 5.08. The van der Waals surface area contributed by atoms with E-state index in [1.165, 1.54) is 36.8 Å². The number of nitrogens with zero attached hydrogens (tertiary/aromatic N) is 1. The molecule has 0 aromatic heterocycles. The van der Waals surface area contributed by atoms with Gasteiger partial charge in [0.15, 0.2) is 0 Å². The SMILES string of the molecule is CC[I-]CCCC(C)(C)c1cc(C(C)(C)C)cc(C=Nc2ccccc2P(c2ccccc2)c2ccccc2)c1O. The van der Waals surface area contributed by atoms with E-state index >= 15 is 0 Å². The quantitative estimate of drug-likeness (QED) is 0.0750. The van der Waals surface area contributed by atoms with Crippen molar-refractivity contribution in [3.8, 4) is 5.75 Å². The van der Waals surface area contributed by atoms with Gasteiger partial charge in [-0.3, -0.25) is 0 Å². The average molecular weight is 677 g/mol. The Morgan fingerprint density at radius 3 is 1.98 bits per heavy atom. The second kappa shape index (κ2) is 14.1. The summed E-state index contributed by atoms with van der Waals surface area (Å²) in [5, 5.41) is 15.4. The van der Waals surface area contributed by atoms with Crippen molar-refractivity contribution in [2.75, 3.05) is 8.86 Å². The van der Waals surface area contributed by atoms with Gasteiger partial charge in [0.05, 0.1) is 0 Å². The summed E-state index contributed by atoms with van der Waals surface area (Å²) in [6.45, 7) is 13.6. The van der Waals surface area contributed by atoms with Crippen LogP contribution in [0.1, 0.15) is 71.1 Å². The van der Waals surface area contributed by atoms with Crippen LogP contribution in [-0.4, -0.2) is 20.2 Å². The predicted molar refractivity (Wildman–Crippen MR) is 177 cm³/mol. The van der Waals surface area contributed by atoms with Crippen molar-refractivity contribution >= 4 is 35.7 Å². The van der Waals surface area contributed by atoms with Gasteiger partial charge in [0.25, 0.3) is 0 Å². The maximum atomic E-state index is 11.6. The average Bonchev–Trinajstić information content (AvgIpc) is 2.96. The summed E-state index contributed by atoms with van der Waals surface area (Å²) < 4.78 is 2.68. The summed E-state index contributed by atoms with van der Waals surface area (Å²) in [5.41, 5.74) is 3.84. The first-order valence-corrected chi connectivity index (χ1v) is 19.0. The Balaban J connectivity index is 1.78. The number of alkyl halides is 2. The third kappa shape index (κ3) is 8.08. The number of hydrogen-bond donors (Lipinski definition) is 1. The molecule has 0 spiro atoms. The standard InChI is InChI=1S/C37H44INOP/c1-7-38-24-16-23-37(5,6)32-26-29(36(2,3)4)25-28(35(32)40)27-39-33-21-14-15-22-34(33)41(30-17-10-8-11-18-30)31-19-12-9-13-20-31/h8-15,17-22,25-27,40H,7,16,23-24H2,1-6H3/q-1. The predicted octanol–water partition coefficient (Wildman–Crippen LogP) is 5.37. The minimum atomic E-state index is -0.788. The molecule has 0 aliphatic carbocycles. The van der Waals surface area contributed by atoms with Crippen molar-refractivity contribution in [3.05, 3.63) is 114 Å². The van der Waals surface area contributed by atoms with Gasteiger partial charge in [-0.25, -0.2) is 0 Å². The fraction of sp³-hybridized carbons (Fsp3) is 0.324. The van der Waals surface area contributed by atoms with Crippen molar-refractivity contribution in [1.82, 2.24) is 0 Å². The van der Waals surface area contributed by atoms with Gasteiger partial charge in [0, 0.05) is 0 Å². The Kier molecular flexibility index (Phi) is 10.8. The Hall–Kier alpha value is -2.49. The van der Waals surface area contributed by atoms with Gasteiger partial charge in [-0.15, -0.1) is 0 Å². The molecule has 0 saturated heterocycles. The molecule has 2 nitrogen and oxygen atoms in total. The van der Waals surface area contributed by atoms with Gasteiger partial charge in [0.1, 0.15) is 0 Å². The molecular weight excluding hydrogens is 632 g/mol. The number of rotatable bonds is 11. The van der Waals surface area contributed by atoms with E-state index in [9.17, 15) is 5.11 Å². The number of benzene rings is 4. The summed E-state index contributed by atoms with van der Waals surface area (Å²) in [7, 11) is -0.788. The zero-order valence-corrected chi connectivity index (χ0v) is 28.4. The van der Waals surface area contributed by atoms with Crippen LogP contribution in [0.4, 0.5) is 5.69 Å². The first-order valence-electron chi connectivity index (χ1n) is 14.6. The van der Waals surface area contributed by atoms with Crippen molar-refractivity contribution in [1.29, 1.82) is 0 Å². The Morgan fingerprint density at radius 2 is 1.39 bits per heavy atom. The van der Waals surface area contributed by atoms with Crippen LogP contribution in [0.2, 0.25) is 0 Å². The van der Waals surface area contributed by atoms with E-state index in [0.29, 0.717) is 27.0 Å². The second-order valence-corrected chi connectivity index (χ2v) is 18.0. The molecule has 0 bridgehead atoms. The molecule has 4 heteroatoms. The maximum absolute atomic E-state index is 11.6. The van der Waals surface area contributed by atoms with Gasteiger partial charge in [-0.05, 0) is 10.6 Å². The van der Waals surface area contributed by atoms with Crippen molar-refractivity contribution < 1.29 is 26.3 Å². The number of para-hydroxylation sites is 1. The molecule has 4 aromatic carbocycles. The zero-order valence-electron chi connectivity index (χ0n) is 25.4. The van der Waals surface area contributed by atoms with Crippen molar-refractivity contribution in [2.24, 2.45) is 4.99 Å². The molecule has 0 amide bonds. The molecule has 0 aliphatic rings. The molecule has 0 radical (unpaired) electrons. The van der Waals surface area contributed by atoms with E-state index in [1.807, 2.05) is 6.21 Å². The molecular formula is C37H44INOP-. The molecule has 1 N–H and O–H groups in total. The van der Waals surface area contributed by atoms with E-state index in [-0.39, 0.29) is 10.8 Å². The molecule has 216 valence electrons. The first kappa shape index (κ1) is 31.4. The van der Waals surface area contributed by atoms with Crippen LogP contribution in [0.3, 0.4) is 0 Å². The Bertz CT molecular complexity index is 1400. The Labute approximate surface area is 259 Å². The van der Waals surface area contributed by atoms with Crippen molar-refractivity contribution in [3.63, 3.8) is 0 Å². The molecule has 41 heavy (non-hydrogen) atoms. The number of phenolic OH excluding ortho intramolecular Hbond substituents is 1. The molecule has 0 unspecified atom stereocenters. The summed E-state index contributed by atoms with van der Waals surface area (Å²) in [6, 6.07) is 34.3. The number of hydrogen-bond acceptors (Lipinski definition) is 2. The Morgan fingerprint density at radius 1 is 0.805 bits per heavy atom. The van der Waals surface area contributed by atoms with E-state index in [4.69, 9.17) is 4.99 Å². The summed E-state index contributed by atoms with van der Waals surface area (Å²) >= 11 is 0.306. The monoisotopic (exact) mass is 676 g/mol. The van der Waals surface area contributed by atoms with Crippen molar-refractivity contribution in [2.45, 2.75) is 65.2 Å². The van der Waals surface area contributed by atoms with E-state index in [0.717, 1.165) is 23.2 Å².